The van der Waals surface area contributed by atoms with E-state index in [1.165, 1.54) is 0 Å². The zero-order valence-electron chi connectivity index (χ0n) is 5.33. The number of rotatable bonds is 3. The number of carbonyl (C=O) groups excluding carboxylic acids is 1. The van der Waals surface area contributed by atoms with Gasteiger partial charge in [-0.25, -0.2) is 4.79 Å². The van der Waals surface area contributed by atoms with Crippen LogP contribution in [0.1, 0.15) is 19.8 Å². The van der Waals surface area contributed by atoms with Crippen LogP contribution in [0.5, 0.6) is 0 Å². The minimum absolute atomic E-state index is 0.0610. The molecular formula is C4H7ClO5. The van der Waals surface area contributed by atoms with Crippen molar-refractivity contribution in [2.75, 3.05) is 0 Å². The smallest absolute Gasteiger partial charge is 0.234 e. The summed E-state index contributed by atoms with van der Waals surface area (Å²) in [7, 11) is -4.59. The number of hydrogen-bond donors (Lipinski definition) is 0. The lowest BCUT2D eigenvalue weighted by atomic mass is 10.4. The molecule has 0 aliphatic carbocycles. The van der Waals surface area contributed by atoms with Gasteiger partial charge >= 0.3 is 5.97 Å². The van der Waals surface area contributed by atoms with Crippen LogP contribution in [0, 0.1) is 10.2 Å². The van der Waals surface area contributed by atoms with Crippen LogP contribution in [0.25, 0.3) is 0 Å². The Morgan fingerprint density at radius 3 is 2.30 bits per heavy atom. The zero-order valence-corrected chi connectivity index (χ0v) is 6.09. The van der Waals surface area contributed by atoms with Gasteiger partial charge in [0.05, 0.1) is 6.42 Å². The van der Waals surface area contributed by atoms with Gasteiger partial charge < -0.3 is 0 Å². The van der Waals surface area contributed by atoms with E-state index in [2.05, 4.69) is 4.29 Å². The van der Waals surface area contributed by atoms with Crippen molar-refractivity contribution in [1.82, 2.24) is 0 Å². The van der Waals surface area contributed by atoms with E-state index in [0.29, 0.717) is 6.42 Å². The van der Waals surface area contributed by atoms with Crippen molar-refractivity contribution < 1.29 is 33.3 Å². The van der Waals surface area contributed by atoms with Crippen LogP contribution in [0.2, 0.25) is 0 Å². The number of carbonyl (C=O) groups is 1. The van der Waals surface area contributed by atoms with Gasteiger partial charge in [0.15, 0.2) is 0 Å². The van der Waals surface area contributed by atoms with E-state index in [1.54, 1.807) is 6.92 Å². The Hall–Kier alpha value is -0.360. The van der Waals surface area contributed by atoms with Crippen molar-refractivity contribution in [3.8, 4) is 0 Å². The minimum Gasteiger partial charge on any atom is -0.234 e. The van der Waals surface area contributed by atoms with E-state index in [0.717, 1.165) is 0 Å². The maximum Gasteiger partial charge on any atom is 0.463 e. The highest BCUT2D eigenvalue weighted by atomic mass is 35.7. The van der Waals surface area contributed by atoms with Crippen LogP contribution in [0.3, 0.4) is 0 Å². The zero-order chi connectivity index (χ0) is 8.20. The van der Waals surface area contributed by atoms with Gasteiger partial charge in [-0.2, -0.15) is 14.0 Å². The molecule has 0 amide bonds. The third-order valence-electron chi connectivity index (χ3n) is 0.635. The third kappa shape index (κ3) is 5.77. The molecular weight excluding hydrogens is 163 g/mol. The predicted octanol–water partition coefficient (Wildman–Crippen LogP) is -2.77. The molecule has 0 saturated heterocycles. The molecule has 5 nitrogen and oxygen atoms in total. The van der Waals surface area contributed by atoms with Crippen molar-refractivity contribution in [1.29, 1.82) is 0 Å². The summed E-state index contributed by atoms with van der Waals surface area (Å²) in [6, 6.07) is 0. The molecule has 0 bridgehead atoms. The Bertz CT molecular complexity index is 117. The third-order valence-corrected chi connectivity index (χ3v) is 0.996. The maximum absolute atomic E-state index is 10.3. The summed E-state index contributed by atoms with van der Waals surface area (Å²) in [4.78, 5) is 10.3. The molecule has 0 spiro atoms. The summed E-state index contributed by atoms with van der Waals surface area (Å²) < 4.78 is 32.5. The molecule has 0 aliphatic heterocycles. The molecule has 0 aliphatic rings. The second kappa shape index (κ2) is 3.72. The SMILES string of the molecule is CCCC(=O)O[Cl+3]([O-])([O-])[O-]. The summed E-state index contributed by atoms with van der Waals surface area (Å²) in [5.41, 5.74) is 0. The van der Waals surface area contributed by atoms with E-state index < -0.39 is 16.2 Å². The molecule has 10 heavy (non-hydrogen) atoms. The highest BCUT2D eigenvalue weighted by Gasteiger charge is 2.23. The van der Waals surface area contributed by atoms with Crippen molar-refractivity contribution in [3.63, 3.8) is 0 Å². The van der Waals surface area contributed by atoms with E-state index in [1.807, 2.05) is 0 Å². The summed E-state index contributed by atoms with van der Waals surface area (Å²) in [6.45, 7) is 1.66. The molecule has 0 rings (SSSR count). The van der Waals surface area contributed by atoms with Crippen molar-refractivity contribution in [3.05, 3.63) is 0 Å². The number of hydrogen-bond acceptors (Lipinski definition) is 5. The predicted molar refractivity (Wildman–Crippen MR) is 21.0 cm³/mol. The van der Waals surface area contributed by atoms with Gasteiger partial charge in [0.25, 0.3) is 0 Å². The standard InChI is InChI=1S/C4H7ClO5/c1-2-3-4(6)10-5(7,8)9/h2-3H2,1H3. The Morgan fingerprint density at radius 2 is 2.00 bits per heavy atom. The summed E-state index contributed by atoms with van der Waals surface area (Å²) >= 11 is 0. The van der Waals surface area contributed by atoms with E-state index in [9.17, 15) is 18.8 Å². The minimum atomic E-state index is -4.59. The van der Waals surface area contributed by atoms with Crippen LogP contribution in [-0.4, -0.2) is 5.97 Å². The maximum atomic E-state index is 10.3. The first-order valence-electron chi connectivity index (χ1n) is 2.59. The fourth-order valence-corrected chi connectivity index (χ4v) is 0.636. The Labute approximate surface area is 60.0 Å². The van der Waals surface area contributed by atoms with Crippen LogP contribution in [0.4, 0.5) is 0 Å². The van der Waals surface area contributed by atoms with Gasteiger partial charge in [-0.05, 0) is 10.7 Å². The van der Waals surface area contributed by atoms with E-state index in [4.69, 9.17) is 0 Å². The molecule has 0 aromatic rings. The molecule has 0 atom stereocenters. The highest BCUT2D eigenvalue weighted by Crippen LogP contribution is 1.95. The van der Waals surface area contributed by atoms with Crippen molar-refractivity contribution in [2.45, 2.75) is 19.8 Å². The van der Waals surface area contributed by atoms with Crippen LogP contribution >= 0.6 is 0 Å². The van der Waals surface area contributed by atoms with E-state index >= 15 is 0 Å². The monoisotopic (exact) mass is 170 g/mol. The van der Waals surface area contributed by atoms with Gasteiger partial charge in [-0.3, -0.25) is 0 Å². The first-order valence-corrected chi connectivity index (χ1v) is 3.82. The molecule has 0 aromatic heterocycles. The Balaban J connectivity index is 3.58. The Kier molecular flexibility index (Phi) is 3.59. The molecule has 0 N–H and O–H groups in total. The van der Waals surface area contributed by atoms with E-state index in [-0.39, 0.29) is 6.42 Å². The number of halogens is 1. The lowest BCUT2D eigenvalue weighted by Crippen LogP contribution is -2.61. The average molecular weight is 171 g/mol. The molecule has 0 aromatic carbocycles. The molecule has 0 fully saturated rings. The fourth-order valence-electron chi connectivity index (χ4n) is 0.348. The highest BCUT2D eigenvalue weighted by molar-refractivity contribution is 5.68. The first kappa shape index (κ1) is 9.64. The van der Waals surface area contributed by atoms with Gasteiger partial charge in [-0.1, -0.05) is 6.92 Å². The summed E-state index contributed by atoms with van der Waals surface area (Å²) in [5, 5.41) is 0. The van der Waals surface area contributed by atoms with Crippen LogP contribution in [-0.2, 0) is 9.08 Å². The molecule has 0 heterocycles. The van der Waals surface area contributed by atoms with Crippen molar-refractivity contribution in [2.24, 2.45) is 0 Å². The van der Waals surface area contributed by atoms with Gasteiger partial charge in [0, 0.05) is 0 Å². The summed E-state index contributed by atoms with van der Waals surface area (Å²) in [5.74, 6) is -1.01. The van der Waals surface area contributed by atoms with Gasteiger partial charge in [-0.15, -0.1) is 0 Å². The quantitative estimate of drug-likeness (QED) is 0.457. The van der Waals surface area contributed by atoms with Crippen molar-refractivity contribution >= 4 is 5.97 Å². The second-order valence-corrected chi connectivity index (χ2v) is 2.49. The van der Waals surface area contributed by atoms with Gasteiger partial charge in [0.1, 0.15) is 10.2 Å². The molecule has 0 unspecified atom stereocenters. The lowest BCUT2D eigenvalue weighted by molar-refractivity contribution is -1.92. The molecule has 0 radical (unpaired) electrons. The Morgan fingerprint density at radius 1 is 1.50 bits per heavy atom. The molecule has 0 saturated carbocycles. The van der Waals surface area contributed by atoms with Gasteiger partial charge in [0.2, 0.25) is 0 Å². The second-order valence-electron chi connectivity index (χ2n) is 1.58. The summed E-state index contributed by atoms with van der Waals surface area (Å²) in [6.07, 6.45) is 0.387. The molecule has 60 valence electrons. The normalized spacial score (nSPS) is 11.2. The largest absolute Gasteiger partial charge is 0.463 e. The fraction of sp³-hybridized carbons (Fsp3) is 0.750. The van der Waals surface area contributed by atoms with Crippen LogP contribution < -0.4 is 14.0 Å². The lowest BCUT2D eigenvalue weighted by Gasteiger charge is -2.09. The molecule has 6 heteroatoms. The average Bonchev–Trinajstić information content (AvgIpc) is 1.59. The topological polar surface area (TPSA) is 95.5 Å². The van der Waals surface area contributed by atoms with Crippen LogP contribution in [0.15, 0.2) is 0 Å². The first-order chi connectivity index (χ1) is 4.45.